The van der Waals surface area contributed by atoms with Gasteiger partial charge in [-0.05, 0) is 12.0 Å². The van der Waals surface area contributed by atoms with Gasteiger partial charge in [-0.2, -0.15) is 0 Å². The third-order valence-corrected chi connectivity index (χ3v) is 4.01. The Morgan fingerprint density at radius 1 is 1.00 bits per heavy atom. The van der Waals surface area contributed by atoms with Gasteiger partial charge in [-0.1, -0.05) is 67.9 Å². The van der Waals surface area contributed by atoms with E-state index < -0.39 is 18.1 Å². The molecule has 27 heavy (non-hydrogen) atoms. The molecular weight excluding hydrogens is 346 g/mol. The average molecular weight is 369 g/mol. The van der Waals surface area contributed by atoms with E-state index in [1.54, 1.807) is 48.5 Å². The first-order valence-electron chi connectivity index (χ1n) is 8.86. The Morgan fingerprint density at radius 3 is 2.22 bits per heavy atom. The summed E-state index contributed by atoms with van der Waals surface area (Å²) < 4.78 is 4.94. The van der Waals surface area contributed by atoms with Gasteiger partial charge < -0.3 is 15.2 Å². The molecule has 0 saturated heterocycles. The van der Waals surface area contributed by atoms with E-state index in [0.717, 1.165) is 12.8 Å². The van der Waals surface area contributed by atoms with E-state index in [0.29, 0.717) is 16.7 Å². The van der Waals surface area contributed by atoms with Crippen LogP contribution in [-0.4, -0.2) is 35.6 Å². The van der Waals surface area contributed by atoms with Crippen molar-refractivity contribution in [3.8, 4) is 0 Å². The Bertz CT molecular complexity index is 771. The maximum absolute atomic E-state index is 12.4. The molecule has 0 aliphatic carbocycles. The van der Waals surface area contributed by atoms with Gasteiger partial charge in [0, 0.05) is 17.5 Å². The molecule has 0 radical (unpaired) electrons. The molecule has 0 aliphatic heterocycles. The molecule has 2 rings (SSSR count). The number of aliphatic carboxylic acids is 1. The summed E-state index contributed by atoms with van der Waals surface area (Å²) in [5, 5.41) is 11.7. The minimum Gasteiger partial charge on any atom is -0.480 e. The molecule has 0 heterocycles. The summed E-state index contributed by atoms with van der Waals surface area (Å²) in [4.78, 5) is 35.5. The molecule has 0 unspecified atom stereocenters. The molecule has 0 fully saturated rings. The Kier molecular flexibility index (Phi) is 7.55. The van der Waals surface area contributed by atoms with Crippen LogP contribution in [0.25, 0.3) is 0 Å². The number of ketones is 1. The van der Waals surface area contributed by atoms with Crippen LogP contribution in [0.4, 0.5) is 4.79 Å². The van der Waals surface area contributed by atoms with Gasteiger partial charge in [0.25, 0.3) is 0 Å². The Balaban J connectivity index is 1.99. The minimum absolute atomic E-state index is 0.0953. The van der Waals surface area contributed by atoms with Crippen molar-refractivity contribution in [1.29, 1.82) is 0 Å². The van der Waals surface area contributed by atoms with Gasteiger partial charge in [0.05, 0.1) is 6.61 Å². The van der Waals surface area contributed by atoms with Crippen molar-refractivity contribution in [3.05, 3.63) is 71.3 Å². The number of unbranched alkanes of at least 4 members (excludes halogenated alkanes) is 1. The molecule has 2 N–H and O–H groups in total. The van der Waals surface area contributed by atoms with Gasteiger partial charge in [0.2, 0.25) is 0 Å². The summed E-state index contributed by atoms with van der Waals surface area (Å²) in [6.45, 7) is 2.22. The lowest BCUT2D eigenvalue weighted by Crippen LogP contribution is -2.42. The quantitative estimate of drug-likeness (QED) is 0.522. The number of carbonyl (C=O) groups is 3. The van der Waals surface area contributed by atoms with Crippen molar-refractivity contribution in [1.82, 2.24) is 5.32 Å². The van der Waals surface area contributed by atoms with E-state index in [9.17, 15) is 19.5 Å². The third kappa shape index (κ3) is 6.26. The van der Waals surface area contributed by atoms with Crippen LogP contribution in [0.3, 0.4) is 0 Å². The predicted octanol–water partition coefficient (Wildman–Crippen LogP) is 3.44. The van der Waals surface area contributed by atoms with Crippen molar-refractivity contribution in [2.45, 2.75) is 32.2 Å². The number of alkyl carbamates (subject to hydrolysis) is 1. The largest absolute Gasteiger partial charge is 0.480 e. The van der Waals surface area contributed by atoms with Crippen LogP contribution >= 0.6 is 0 Å². The topological polar surface area (TPSA) is 92.7 Å². The van der Waals surface area contributed by atoms with Crippen molar-refractivity contribution in [3.63, 3.8) is 0 Å². The minimum atomic E-state index is -1.15. The number of hydrogen-bond donors (Lipinski definition) is 2. The zero-order valence-electron chi connectivity index (χ0n) is 15.2. The lowest BCUT2D eigenvalue weighted by molar-refractivity contribution is -0.139. The second-order valence-corrected chi connectivity index (χ2v) is 6.12. The van der Waals surface area contributed by atoms with E-state index >= 15 is 0 Å². The van der Waals surface area contributed by atoms with Crippen molar-refractivity contribution in [2.24, 2.45) is 0 Å². The molecule has 1 atom stereocenters. The number of rotatable bonds is 9. The number of nitrogens with one attached hydrogen (secondary N) is 1. The molecule has 142 valence electrons. The molecular formula is C21H23NO5. The summed E-state index contributed by atoms with van der Waals surface area (Å²) >= 11 is 0. The molecule has 0 aliphatic rings. The lowest BCUT2D eigenvalue weighted by Gasteiger charge is -2.15. The van der Waals surface area contributed by atoms with Gasteiger partial charge in [-0.15, -0.1) is 0 Å². The predicted molar refractivity (Wildman–Crippen MR) is 101 cm³/mol. The molecule has 0 saturated carbocycles. The van der Waals surface area contributed by atoms with Crippen LogP contribution in [0.2, 0.25) is 0 Å². The number of carboxylic acid groups (broad SMARTS) is 1. The van der Waals surface area contributed by atoms with Gasteiger partial charge >= 0.3 is 12.1 Å². The van der Waals surface area contributed by atoms with Crippen LogP contribution < -0.4 is 5.32 Å². The SMILES string of the molecule is CCCCOC(=O)N[C@@H](Cc1ccc(C(=O)c2ccccc2)cc1)C(=O)O. The van der Waals surface area contributed by atoms with Crippen LogP contribution in [0.5, 0.6) is 0 Å². The molecule has 0 spiro atoms. The maximum Gasteiger partial charge on any atom is 0.407 e. The standard InChI is InChI=1S/C21H23NO5/c1-2-3-13-27-21(26)22-18(20(24)25)14-15-9-11-17(12-10-15)19(23)16-7-5-4-6-8-16/h4-12,18H,2-3,13-14H2,1H3,(H,22,26)(H,24,25)/t18-/m0/s1. The van der Waals surface area contributed by atoms with Crippen molar-refractivity contribution < 1.29 is 24.2 Å². The summed E-state index contributed by atoms with van der Waals surface area (Å²) in [7, 11) is 0. The fourth-order valence-electron chi connectivity index (χ4n) is 2.48. The number of ether oxygens (including phenoxy) is 1. The second-order valence-electron chi connectivity index (χ2n) is 6.12. The van der Waals surface area contributed by atoms with Gasteiger partial charge in [-0.3, -0.25) is 4.79 Å². The summed E-state index contributed by atoms with van der Waals surface area (Å²) in [5.74, 6) is -1.25. The molecule has 0 aromatic heterocycles. The highest BCUT2D eigenvalue weighted by molar-refractivity contribution is 6.08. The molecule has 1 amide bonds. The number of hydrogen-bond acceptors (Lipinski definition) is 4. The van der Waals surface area contributed by atoms with Gasteiger partial charge in [0.1, 0.15) is 6.04 Å². The first-order valence-corrected chi connectivity index (χ1v) is 8.86. The molecule has 2 aromatic rings. The highest BCUT2D eigenvalue weighted by atomic mass is 16.5. The Morgan fingerprint density at radius 2 is 1.63 bits per heavy atom. The zero-order chi connectivity index (χ0) is 19.6. The summed E-state index contributed by atoms with van der Waals surface area (Å²) in [6, 6.07) is 14.5. The highest BCUT2D eigenvalue weighted by Gasteiger charge is 2.21. The van der Waals surface area contributed by atoms with Crippen LogP contribution in [0.1, 0.15) is 41.3 Å². The normalized spacial score (nSPS) is 11.4. The van der Waals surface area contributed by atoms with Crippen LogP contribution in [0, 0.1) is 0 Å². The van der Waals surface area contributed by atoms with Crippen LogP contribution in [-0.2, 0) is 16.0 Å². The number of benzene rings is 2. The lowest BCUT2D eigenvalue weighted by atomic mass is 9.99. The van der Waals surface area contributed by atoms with Gasteiger partial charge in [-0.25, -0.2) is 9.59 Å². The maximum atomic E-state index is 12.4. The number of carbonyl (C=O) groups excluding carboxylic acids is 2. The fourth-order valence-corrected chi connectivity index (χ4v) is 2.48. The number of amides is 1. The number of carboxylic acids is 1. The van der Waals surface area contributed by atoms with E-state index in [1.165, 1.54) is 0 Å². The summed E-state index contributed by atoms with van der Waals surface area (Å²) in [5.41, 5.74) is 1.80. The molecule has 6 heteroatoms. The first kappa shape index (κ1) is 20.2. The Hall–Kier alpha value is -3.15. The second kappa shape index (κ2) is 10.1. The first-order chi connectivity index (χ1) is 13.0. The van der Waals surface area contributed by atoms with E-state index in [4.69, 9.17) is 4.74 Å². The average Bonchev–Trinajstić information content (AvgIpc) is 2.68. The Labute approximate surface area is 158 Å². The highest BCUT2D eigenvalue weighted by Crippen LogP contribution is 2.12. The van der Waals surface area contributed by atoms with Crippen molar-refractivity contribution in [2.75, 3.05) is 6.61 Å². The van der Waals surface area contributed by atoms with Crippen LogP contribution in [0.15, 0.2) is 54.6 Å². The van der Waals surface area contributed by atoms with Gasteiger partial charge in [0.15, 0.2) is 5.78 Å². The zero-order valence-corrected chi connectivity index (χ0v) is 15.2. The molecule has 6 nitrogen and oxygen atoms in total. The molecule has 2 aromatic carbocycles. The van der Waals surface area contributed by atoms with Crippen molar-refractivity contribution >= 4 is 17.8 Å². The van der Waals surface area contributed by atoms with E-state index in [-0.39, 0.29) is 18.8 Å². The monoisotopic (exact) mass is 369 g/mol. The van der Waals surface area contributed by atoms with E-state index in [1.807, 2.05) is 13.0 Å². The third-order valence-electron chi connectivity index (χ3n) is 4.01. The smallest absolute Gasteiger partial charge is 0.407 e. The molecule has 0 bridgehead atoms. The summed E-state index contributed by atoms with van der Waals surface area (Å²) in [6.07, 6.45) is 0.954. The fraction of sp³-hybridized carbons (Fsp3) is 0.286. The van der Waals surface area contributed by atoms with E-state index in [2.05, 4.69) is 5.32 Å².